The highest BCUT2D eigenvalue weighted by Gasteiger charge is 2.25. The fourth-order valence-electron chi connectivity index (χ4n) is 3.04. The molecule has 1 unspecified atom stereocenters. The zero-order valence-corrected chi connectivity index (χ0v) is 19.0. The highest BCUT2D eigenvalue weighted by Crippen LogP contribution is 2.21. The van der Waals surface area contributed by atoms with Crippen molar-refractivity contribution in [1.82, 2.24) is 5.32 Å². The fraction of sp³-hybridized carbons (Fsp3) is 0.364. The predicted molar refractivity (Wildman–Crippen MR) is 120 cm³/mol. The van der Waals surface area contributed by atoms with Crippen molar-refractivity contribution < 1.29 is 22.7 Å². The van der Waals surface area contributed by atoms with Crippen LogP contribution in [-0.2, 0) is 21.2 Å². The first kappa shape index (κ1) is 24.4. The molecule has 168 valence electrons. The molecule has 31 heavy (non-hydrogen) atoms. The van der Waals surface area contributed by atoms with E-state index in [1.165, 1.54) is 6.07 Å². The molecule has 1 atom stereocenters. The third-order valence-electron chi connectivity index (χ3n) is 4.69. The molecule has 0 saturated heterocycles. The molecule has 0 heterocycles. The van der Waals surface area contributed by atoms with Crippen LogP contribution in [0.1, 0.15) is 43.6 Å². The van der Waals surface area contributed by atoms with E-state index in [2.05, 4.69) is 10.6 Å². The Morgan fingerprint density at radius 3 is 2.23 bits per heavy atom. The Morgan fingerprint density at radius 2 is 1.71 bits per heavy atom. The molecule has 9 heteroatoms. The molecule has 0 aliphatic rings. The first-order valence-corrected chi connectivity index (χ1v) is 11.6. The summed E-state index contributed by atoms with van der Waals surface area (Å²) in [4.78, 5) is 25.4. The lowest BCUT2D eigenvalue weighted by Crippen LogP contribution is -2.47. The van der Waals surface area contributed by atoms with Gasteiger partial charge >= 0.3 is 0 Å². The van der Waals surface area contributed by atoms with Gasteiger partial charge in [0.25, 0.3) is 5.91 Å². The van der Waals surface area contributed by atoms with Gasteiger partial charge in [-0.15, -0.1) is 0 Å². The van der Waals surface area contributed by atoms with E-state index in [1.54, 1.807) is 50.2 Å². The topological polar surface area (TPSA) is 128 Å². The van der Waals surface area contributed by atoms with Crippen LogP contribution in [0.25, 0.3) is 0 Å². The van der Waals surface area contributed by atoms with Gasteiger partial charge in [-0.25, -0.2) is 13.6 Å². The molecule has 4 N–H and O–H groups in total. The Morgan fingerprint density at radius 1 is 1.06 bits per heavy atom. The number of anilines is 1. The average molecular weight is 448 g/mol. The normalized spacial score (nSPS) is 12.3. The summed E-state index contributed by atoms with van der Waals surface area (Å²) in [6, 6.07) is 10.3. The summed E-state index contributed by atoms with van der Waals surface area (Å²) in [5, 5.41) is 10.7. The Kier molecular flexibility index (Phi) is 8.18. The van der Waals surface area contributed by atoms with Crippen LogP contribution in [0.15, 0.2) is 47.4 Å². The molecular formula is C22H29N3O5S. The van der Waals surface area contributed by atoms with Crippen LogP contribution >= 0.6 is 0 Å². The molecule has 8 nitrogen and oxygen atoms in total. The Bertz CT molecular complexity index is 1030. The lowest BCUT2D eigenvalue weighted by molar-refractivity contribution is -0.118. The van der Waals surface area contributed by atoms with Crippen LogP contribution in [-0.4, -0.2) is 32.9 Å². The van der Waals surface area contributed by atoms with E-state index < -0.39 is 27.9 Å². The van der Waals surface area contributed by atoms with Gasteiger partial charge in [0.05, 0.1) is 11.5 Å². The van der Waals surface area contributed by atoms with E-state index in [-0.39, 0.29) is 16.5 Å². The maximum absolute atomic E-state index is 12.8. The van der Waals surface area contributed by atoms with Crippen LogP contribution in [0, 0.1) is 5.92 Å². The number of primary sulfonamides is 1. The van der Waals surface area contributed by atoms with Crippen molar-refractivity contribution in [3.8, 4) is 5.75 Å². The molecule has 2 amide bonds. The third-order valence-corrected chi connectivity index (χ3v) is 5.68. The highest BCUT2D eigenvalue weighted by atomic mass is 32.2. The maximum Gasteiger partial charge on any atom is 0.251 e. The van der Waals surface area contributed by atoms with Gasteiger partial charge in [-0.3, -0.25) is 9.59 Å². The van der Waals surface area contributed by atoms with Crippen LogP contribution in [0.4, 0.5) is 5.69 Å². The second-order valence-electron chi connectivity index (χ2n) is 7.36. The number of ether oxygens (including phenoxy) is 1. The summed E-state index contributed by atoms with van der Waals surface area (Å²) in [7, 11) is -3.93. The minimum absolute atomic E-state index is 0.0349. The van der Waals surface area contributed by atoms with E-state index in [4.69, 9.17) is 9.88 Å². The quantitative estimate of drug-likeness (QED) is 0.545. The standard InChI is InChI=1S/C22H29N3O5S/c1-5-15-7-10-17(13-19(15)31(23,28)29)24-22(27)20(14(3)4)25-21(26)16-8-11-18(12-9-16)30-6-2/h7-14,20H,5-6H2,1-4H3,(H,24,27)(H,25,26)(H2,23,28,29). The monoisotopic (exact) mass is 447 g/mol. The number of rotatable bonds is 9. The van der Waals surface area contributed by atoms with Gasteiger partial charge in [-0.1, -0.05) is 26.8 Å². The summed E-state index contributed by atoms with van der Waals surface area (Å²) in [6.07, 6.45) is 0.479. The third kappa shape index (κ3) is 6.53. The first-order chi connectivity index (χ1) is 14.6. The first-order valence-electron chi connectivity index (χ1n) is 10.1. The molecule has 0 spiro atoms. The largest absolute Gasteiger partial charge is 0.494 e. The van der Waals surface area contributed by atoms with Crippen LogP contribution in [0.2, 0.25) is 0 Å². The van der Waals surface area contributed by atoms with E-state index in [0.29, 0.717) is 29.9 Å². The lowest BCUT2D eigenvalue weighted by atomic mass is 10.0. The van der Waals surface area contributed by atoms with Crippen LogP contribution in [0.5, 0.6) is 5.75 Å². The number of hydrogen-bond acceptors (Lipinski definition) is 5. The van der Waals surface area contributed by atoms with Crippen LogP contribution < -0.4 is 20.5 Å². The molecule has 2 rings (SSSR count). The number of hydrogen-bond donors (Lipinski definition) is 3. The minimum Gasteiger partial charge on any atom is -0.494 e. The number of carbonyl (C=O) groups is 2. The molecule has 0 radical (unpaired) electrons. The SMILES string of the molecule is CCOc1ccc(C(=O)NC(C(=O)Nc2ccc(CC)c(S(N)(=O)=O)c2)C(C)C)cc1. The Labute approximate surface area is 183 Å². The van der Waals surface area contributed by atoms with Crippen molar-refractivity contribution in [1.29, 1.82) is 0 Å². The summed E-state index contributed by atoms with van der Waals surface area (Å²) in [5.41, 5.74) is 1.24. The van der Waals surface area contributed by atoms with Crippen molar-refractivity contribution >= 4 is 27.5 Å². The fourth-order valence-corrected chi connectivity index (χ4v) is 3.91. The van der Waals surface area contributed by atoms with Gasteiger partial charge in [0, 0.05) is 11.3 Å². The van der Waals surface area contributed by atoms with Gasteiger partial charge in [-0.05, 0) is 61.2 Å². The Balaban J connectivity index is 2.18. The van der Waals surface area contributed by atoms with E-state index in [9.17, 15) is 18.0 Å². The van der Waals surface area contributed by atoms with Crippen molar-refractivity contribution in [3.63, 3.8) is 0 Å². The number of nitrogens with two attached hydrogens (primary N) is 1. The highest BCUT2D eigenvalue weighted by molar-refractivity contribution is 7.89. The second-order valence-corrected chi connectivity index (χ2v) is 8.89. The number of amides is 2. The maximum atomic E-state index is 12.8. The number of benzene rings is 2. The van der Waals surface area contributed by atoms with Crippen molar-refractivity contribution in [2.45, 2.75) is 45.1 Å². The van der Waals surface area contributed by atoms with Crippen molar-refractivity contribution in [3.05, 3.63) is 53.6 Å². The van der Waals surface area contributed by atoms with Gasteiger partial charge in [0.15, 0.2) is 0 Å². The van der Waals surface area contributed by atoms with Crippen molar-refractivity contribution in [2.75, 3.05) is 11.9 Å². The zero-order chi connectivity index (χ0) is 23.2. The summed E-state index contributed by atoms with van der Waals surface area (Å²) in [5.74, 6) is -0.417. The molecule has 0 fully saturated rings. The molecule has 0 aliphatic heterocycles. The average Bonchev–Trinajstić information content (AvgIpc) is 2.71. The summed E-state index contributed by atoms with van der Waals surface area (Å²) in [6.45, 7) is 7.81. The van der Waals surface area contributed by atoms with Gasteiger partial charge in [-0.2, -0.15) is 0 Å². The van der Waals surface area contributed by atoms with Gasteiger partial charge < -0.3 is 15.4 Å². The number of nitrogens with one attached hydrogen (secondary N) is 2. The zero-order valence-electron chi connectivity index (χ0n) is 18.1. The molecule has 0 saturated carbocycles. The predicted octanol–water partition coefficient (Wildman–Crippen LogP) is 2.69. The van der Waals surface area contributed by atoms with Crippen molar-refractivity contribution in [2.24, 2.45) is 11.1 Å². The summed E-state index contributed by atoms with van der Waals surface area (Å²) >= 11 is 0. The summed E-state index contributed by atoms with van der Waals surface area (Å²) < 4.78 is 29.1. The second kappa shape index (κ2) is 10.4. The van der Waals surface area contributed by atoms with E-state index in [1.807, 2.05) is 13.8 Å². The molecule has 2 aromatic carbocycles. The van der Waals surface area contributed by atoms with Crippen LogP contribution in [0.3, 0.4) is 0 Å². The molecular weight excluding hydrogens is 418 g/mol. The molecule has 0 bridgehead atoms. The smallest absolute Gasteiger partial charge is 0.251 e. The molecule has 2 aromatic rings. The molecule has 0 aromatic heterocycles. The van der Waals surface area contributed by atoms with Gasteiger partial charge in [0.2, 0.25) is 15.9 Å². The Hall–Kier alpha value is -2.91. The van der Waals surface area contributed by atoms with E-state index >= 15 is 0 Å². The van der Waals surface area contributed by atoms with E-state index in [0.717, 1.165) is 0 Å². The number of carbonyl (C=O) groups excluding carboxylic acids is 2. The number of aryl methyl sites for hydroxylation is 1. The van der Waals surface area contributed by atoms with Gasteiger partial charge in [0.1, 0.15) is 11.8 Å². The molecule has 0 aliphatic carbocycles. The lowest BCUT2D eigenvalue weighted by Gasteiger charge is -2.22. The minimum atomic E-state index is -3.93. The number of sulfonamides is 1.